The van der Waals surface area contributed by atoms with Crippen LogP contribution < -0.4 is 0 Å². The summed E-state index contributed by atoms with van der Waals surface area (Å²) >= 11 is 0. The summed E-state index contributed by atoms with van der Waals surface area (Å²) in [5.74, 6) is 0. The van der Waals surface area contributed by atoms with Crippen molar-refractivity contribution in [3.8, 4) is 0 Å². The summed E-state index contributed by atoms with van der Waals surface area (Å²) in [5, 5.41) is 1.64. The fraction of sp³-hybridized carbons (Fsp3) is 0.200. The minimum Gasteiger partial charge on any atom is -0.282 e. The molecule has 0 unspecified atom stereocenters. The molecule has 0 aliphatic carbocycles. The number of benzene rings is 4. The smallest absolute Gasteiger partial charge is 0.282 e. The summed E-state index contributed by atoms with van der Waals surface area (Å²) < 4.78 is 102. The van der Waals surface area contributed by atoms with Gasteiger partial charge in [0.15, 0.2) is 0 Å². The van der Waals surface area contributed by atoms with Crippen LogP contribution in [0.25, 0.3) is 21.5 Å². The minimum atomic E-state index is -4.77. The highest BCUT2D eigenvalue weighted by Gasteiger charge is 2.24. The number of fused-ring (bicyclic) bond motifs is 2. The van der Waals surface area contributed by atoms with Crippen LogP contribution in [-0.4, -0.2) is 38.9 Å². The second kappa shape index (κ2) is 9.15. The van der Waals surface area contributed by atoms with E-state index < -0.39 is 40.1 Å². The van der Waals surface area contributed by atoms with Crippen molar-refractivity contribution >= 4 is 51.9 Å². The van der Waals surface area contributed by atoms with Crippen LogP contribution in [0.15, 0.2) is 63.2 Å². The van der Waals surface area contributed by atoms with Crippen molar-refractivity contribution in [3.05, 3.63) is 76.3 Å². The SMILES string of the molecule is Cc1ccc2c(S(=O)(=O)O)c(CCc3c(S(=O)(=O)O)cc4cc(S(=O)(=O)O)cc(C)c4c3C)ccc2c1. The lowest BCUT2D eigenvalue weighted by Crippen LogP contribution is -2.10. The normalized spacial score (nSPS) is 12.9. The number of aryl methyl sites for hydroxylation is 4. The first-order chi connectivity index (χ1) is 17.0. The van der Waals surface area contributed by atoms with Crippen LogP contribution >= 0.6 is 0 Å². The van der Waals surface area contributed by atoms with E-state index in [0.717, 1.165) is 17.7 Å². The quantitative estimate of drug-likeness (QED) is 0.287. The van der Waals surface area contributed by atoms with Gasteiger partial charge in [-0.2, -0.15) is 25.3 Å². The van der Waals surface area contributed by atoms with Gasteiger partial charge in [-0.1, -0.05) is 35.9 Å². The molecule has 0 aliphatic heterocycles. The molecule has 0 fully saturated rings. The van der Waals surface area contributed by atoms with Crippen LogP contribution in [-0.2, 0) is 43.2 Å². The first-order valence-electron chi connectivity index (χ1n) is 11.0. The largest absolute Gasteiger partial charge is 0.295 e. The summed E-state index contributed by atoms with van der Waals surface area (Å²) in [4.78, 5) is -1.16. The molecule has 0 heterocycles. The number of rotatable bonds is 6. The average Bonchev–Trinajstić information content (AvgIpc) is 2.75. The lowest BCUT2D eigenvalue weighted by molar-refractivity contribution is 0.479. The van der Waals surface area contributed by atoms with Crippen LogP contribution in [0.5, 0.6) is 0 Å². The standard InChI is InChI=1S/C25H24O9S3/c1-14-4-8-22-18(10-14)6-5-17(25(22)37(32,33)34)7-9-21-16(3)24-15(2)11-20(35(26,27)28)12-19(24)13-23(21)36(29,30)31/h4-6,8,10-13H,7,9H2,1-3H3,(H,26,27,28)(H,29,30,31)(H,32,33,34). The fourth-order valence-corrected chi connectivity index (χ4v) is 7.30. The second-order valence-electron chi connectivity index (χ2n) is 9.02. The van der Waals surface area contributed by atoms with Gasteiger partial charge in [-0.25, -0.2) is 0 Å². The molecule has 4 aromatic carbocycles. The Morgan fingerprint density at radius 3 is 1.95 bits per heavy atom. The average molecular weight is 565 g/mol. The molecule has 4 aromatic rings. The third-order valence-electron chi connectivity index (χ3n) is 6.44. The van der Waals surface area contributed by atoms with E-state index in [1.807, 2.05) is 6.92 Å². The van der Waals surface area contributed by atoms with Crippen LogP contribution in [0.1, 0.15) is 27.8 Å². The van der Waals surface area contributed by atoms with Crippen molar-refractivity contribution in [3.63, 3.8) is 0 Å². The van der Waals surface area contributed by atoms with Crippen molar-refractivity contribution in [2.45, 2.75) is 48.3 Å². The molecular weight excluding hydrogens is 540 g/mol. The molecule has 0 amide bonds. The lowest BCUT2D eigenvalue weighted by atomic mass is 9.92. The van der Waals surface area contributed by atoms with Gasteiger partial charge in [0.2, 0.25) is 0 Å². The first-order valence-corrected chi connectivity index (χ1v) is 15.3. The van der Waals surface area contributed by atoms with Crippen molar-refractivity contribution < 1.29 is 38.9 Å². The van der Waals surface area contributed by atoms with Gasteiger partial charge in [0, 0.05) is 5.39 Å². The molecule has 0 spiro atoms. The molecule has 0 saturated carbocycles. The van der Waals surface area contributed by atoms with E-state index in [2.05, 4.69) is 0 Å². The van der Waals surface area contributed by atoms with Gasteiger partial charge < -0.3 is 0 Å². The van der Waals surface area contributed by atoms with E-state index in [-0.39, 0.29) is 34.3 Å². The van der Waals surface area contributed by atoms with Gasteiger partial charge in [0.25, 0.3) is 30.4 Å². The molecule has 0 aromatic heterocycles. The summed E-state index contributed by atoms with van der Waals surface area (Å²) in [6.07, 6.45) is -0.00771. The van der Waals surface area contributed by atoms with E-state index in [1.165, 1.54) is 6.07 Å². The minimum absolute atomic E-state index is 0.00988. The Morgan fingerprint density at radius 1 is 0.676 bits per heavy atom. The fourth-order valence-electron chi connectivity index (χ4n) is 4.89. The monoisotopic (exact) mass is 564 g/mol. The molecule has 0 aliphatic rings. The molecule has 196 valence electrons. The van der Waals surface area contributed by atoms with E-state index >= 15 is 0 Å². The van der Waals surface area contributed by atoms with Crippen LogP contribution in [0.2, 0.25) is 0 Å². The zero-order chi connectivity index (χ0) is 27.5. The molecule has 0 saturated heterocycles. The third kappa shape index (κ3) is 5.26. The van der Waals surface area contributed by atoms with Gasteiger partial charge in [0.05, 0.1) is 9.79 Å². The molecular formula is C25H24O9S3. The molecule has 0 radical (unpaired) electrons. The van der Waals surface area contributed by atoms with Crippen molar-refractivity contribution in [2.24, 2.45) is 0 Å². The number of hydrogen-bond donors (Lipinski definition) is 3. The van der Waals surface area contributed by atoms with Gasteiger partial charge in [-0.05, 0) is 90.2 Å². The van der Waals surface area contributed by atoms with Gasteiger partial charge in [0.1, 0.15) is 4.90 Å². The highest BCUT2D eigenvalue weighted by atomic mass is 32.2. The molecule has 0 atom stereocenters. The molecule has 0 bridgehead atoms. The van der Waals surface area contributed by atoms with E-state index in [0.29, 0.717) is 27.3 Å². The Hall–Kier alpha value is -2.87. The van der Waals surface area contributed by atoms with E-state index in [4.69, 9.17) is 0 Å². The maximum atomic E-state index is 12.3. The van der Waals surface area contributed by atoms with Crippen LogP contribution in [0.3, 0.4) is 0 Å². The Bertz CT molecular complexity index is 1920. The Morgan fingerprint density at radius 2 is 1.35 bits per heavy atom. The zero-order valence-electron chi connectivity index (χ0n) is 20.0. The third-order valence-corrected chi connectivity index (χ3v) is 9.19. The van der Waals surface area contributed by atoms with E-state index in [1.54, 1.807) is 44.2 Å². The maximum Gasteiger partial charge on any atom is 0.295 e. The first kappa shape index (κ1) is 27.2. The van der Waals surface area contributed by atoms with E-state index in [9.17, 15) is 38.9 Å². The van der Waals surface area contributed by atoms with Gasteiger partial charge in [-0.15, -0.1) is 0 Å². The zero-order valence-corrected chi connectivity index (χ0v) is 22.5. The Balaban J connectivity index is 1.93. The Kier molecular flexibility index (Phi) is 6.72. The van der Waals surface area contributed by atoms with Crippen LogP contribution in [0.4, 0.5) is 0 Å². The summed E-state index contributed by atoms with van der Waals surface area (Å²) in [5.41, 5.74) is 2.26. The topological polar surface area (TPSA) is 163 Å². The van der Waals surface area contributed by atoms with Crippen LogP contribution in [0, 0.1) is 20.8 Å². The van der Waals surface area contributed by atoms with Gasteiger partial charge in [-0.3, -0.25) is 13.7 Å². The molecule has 4 rings (SSSR count). The predicted molar refractivity (Wildman–Crippen MR) is 139 cm³/mol. The summed E-state index contributed by atoms with van der Waals surface area (Å²) in [6.45, 7) is 5.06. The number of hydrogen-bond acceptors (Lipinski definition) is 6. The van der Waals surface area contributed by atoms with Gasteiger partial charge >= 0.3 is 0 Å². The lowest BCUT2D eigenvalue weighted by Gasteiger charge is -2.17. The van der Waals surface area contributed by atoms with Crippen molar-refractivity contribution in [1.29, 1.82) is 0 Å². The maximum absolute atomic E-state index is 12.3. The highest BCUT2D eigenvalue weighted by Crippen LogP contribution is 2.35. The van der Waals surface area contributed by atoms with Crippen molar-refractivity contribution in [1.82, 2.24) is 0 Å². The molecule has 12 heteroatoms. The summed E-state index contributed by atoms with van der Waals surface area (Å²) in [6, 6.07) is 11.9. The molecule has 37 heavy (non-hydrogen) atoms. The van der Waals surface area contributed by atoms with Crippen molar-refractivity contribution in [2.75, 3.05) is 0 Å². The molecule has 3 N–H and O–H groups in total. The summed E-state index contributed by atoms with van der Waals surface area (Å²) in [7, 11) is -14.0. The Labute approximate surface area is 215 Å². The highest BCUT2D eigenvalue weighted by molar-refractivity contribution is 7.86. The predicted octanol–water partition coefficient (Wildman–Crippen LogP) is 4.44. The molecule has 9 nitrogen and oxygen atoms in total. The second-order valence-corrected chi connectivity index (χ2v) is 13.2.